The summed E-state index contributed by atoms with van der Waals surface area (Å²) in [6.07, 6.45) is 5.39. The number of methoxy groups -OCH3 is 1. The average molecular weight is 302 g/mol. The molecule has 0 bridgehead atoms. The SMILES string of the molecule is COc1ccc(-c2nc(C)c(CNC3CCCC3)s2)cc1. The molecule has 0 atom stereocenters. The van der Waals surface area contributed by atoms with Crippen molar-refractivity contribution >= 4 is 11.3 Å². The zero-order valence-electron chi connectivity index (χ0n) is 12.7. The smallest absolute Gasteiger partial charge is 0.123 e. The Bertz CT molecular complexity index is 585. The van der Waals surface area contributed by atoms with Crippen LogP contribution in [0.3, 0.4) is 0 Å². The van der Waals surface area contributed by atoms with E-state index in [1.807, 2.05) is 12.1 Å². The molecule has 21 heavy (non-hydrogen) atoms. The van der Waals surface area contributed by atoms with Crippen LogP contribution in [0.1, 0.15) is 36.3 Å². The van der Waals surface area contributed by atoms with Gasteiger partial charge in [0.05, 0.1) is 12.8 Å². The highest BCUT2D eigenvalue weighted by Crippen LogP contribution is 2.29. The summed E-state index contributed by atoms with van der Waals surface area (Å²) in [7, 11) is 1.69. The van der Waals surface area contributed by atoms with E-state index in [0.29, 0.717) is 6.04 Å². The van der Waals surface area contributed by atoms with Crippen LogP contribution in [0, 0.1) is 6.92 Å². The van der Waals surface area contributed by atoms with E-state index in [9.17, 15) is 0 Å². The first-order valence-electron chi connectivity index (χ1n) is 7.60. The van der Waals surface area contributed by atoms with Crippen molar-refractivity contribution in [1.82, 2.24) is 10.3 Å². The topological polar surface area (TPSA) is 34.1 Å². The van der Waals surface area contributed by atoms with E-state index in [4.69, 9.17) is 9.72 Å². The van der Waals surface area contributed by atoms with Crippen molar-refractivity contribution in [3.8, 4) is 16.3 Å². The maximum atomic E-state index is 5.20. The van der Waals surface area contributed by atoms with Gasteiger partial charge in [0.15, 0.2) is 0 Å². The lowest BCUT2D eigenvalue weighted by atomic mass is 10.2. The Morgan fingerprint density at radius 1 is 1.24 bits per heavy atom. The number of nitrogens with zero attached hydrogens (tertiary/aromatic N) is 1. The Morgan fingerprint density at radius 2 is 1.95 bits per heavy atom. The molecule has 3 rings (SSSR count). The molecule has 0 spiro atoms. The van der Waals surface area contributed by atoms with Gasteiger partial charge < -0.3 is 10.1 Å². The number of aryl methyl sites for hydroxylation is 1. The van der Waals surface area contributed by atoms with Crippen molar-refractivity contribution in [1.29, 1.82) is 0 Å². The molecule has 1 N–H and O–H groups in total. The number of hydrogen-bond donors (Lipinski definition) is 1. The fourth-order valence-corrected chi connectivity index (χ4v) is 3.83. The van der Waals surface area contributed by atoms with Crippen LogP contribution in [0.15, 0.2) is 24.3 Å². The first-order chi connectivity index (χ1) is 10.3. The lowest BCUT2D eigenvalue weighted by Gasteiger charge is -2.10. The molecular weight excluding hydrogens is 280 g/mol. The van der Waals surface area contributed by atoms with Gasteiger partial charge in [-0.3, -0.25) is 0 Å². The molecule has 0 radical (unpaired) electrons. The number of nitrogens with one attached hydrogen (secondary N) is 1. The molecule has 4 heteroatoms. The van der Waals surface area contributed by atoms with Gasteiger partial charge in [0.25, 0.3) is 0 Å². The summed E-state index contributed by atoms with van der Waals surface area (Å²) in [5, 5.41) is 4.77. The highest BCUT2D eigenvalue weighted by atomic mass is 32.1. The molecule has 3 nitrogen and oxygen atoms in total. The molecule has 0 unspecified atom stereocenters. The number of benzene rings is 1. The molecule has 112 valence electrons. The molecule has 0 aliphatic heterocycles. The third-order valence-corrected chi connectivity index (χ3v) is 5.34. The van der Waals surface area contributed by atoms with Crippen LogP contribution in [0.2, 0.25) is 0 Å². The summed E-state index contributed by atoms with van der Waals surface area (Å²) < 4.78 is 5.20. The Kier molecular flexibility index (Phi) is 4.56. The Hall–Kier alpha value is -1.39. The van der Waals surface area contributed by atoms with Gasteiger partial charge in [-0.25, -0.2) is 4.98 Å². The minimum atomic E-state index is 0.705. The van der Waals surface area contributed by atoms with Crippen molar-refractivity contribution in [3.63, 3.8) is 0 Å². The third-order valence-electron chi connectivity index (χ3n) is 4.14. The lowest BCUT2D eigenvalue weighted by Crippen LogP contribution is -2.25. The molecule has 1 aromatic heterocycles. The van der Waals surface area contributed by atoms with E-state index in [0.717, 1.165) is 28.6 Å². The van der Waals surface area contributed by atoms with Crippen molar-refractivity contribution in [3.05, 3.63) is 34.8 Å². The molecule has 1 aliphatic rings. The monoisotopic (exact) mass is 302 g/mol. The Labute approximate surface area is 130 Å². The number of ether oxygens (including phenoxy) is 1. The standard InChI is InChI=1S/C17H22N2OS/c1-12-16(11-18-14-5-3-4-6-14)21-17(19-12)13-7-9-15(20-2)10-8-13/h7-10,14,18H,3-6,11H2,1-2H3. The molecule has 1 aliphatic carbocycles. The van der Waals surface area contributed by atoms with Gasteiger partial charge in [-0.15, -0.1) is 11.3 Å². The molecule has 1 aromatic carbocycles. The summed E-state index contributed by atoms with van der Waals surface area (Å²) >= 11 is 1.79. The van der Waals surface area contributed by atoms with Gasteiger partial charge in [-0.1, -0.05) is 12.8 Å². The van der Waals surface area contributed by atoms with Gasteiger partial charge in [0.1, 0.15) is 10.8 Å². The van der Waals surface area contributed by atoms with Crippen molar-refractivity contribution in [2.45, 2.75) is 45.2 Å². The van der Waals surface area contributed by atoms with E-state index in [1.54, 1.807) is 18.4 Å². The second-order valence-corrected chi connectivity index (χ2v) is 6.70. The minimum Gasteiger partial charge on any atom is -0.497 e. The second-order valence-electron chi connectivity index (χ2n) is 5.62. The van der Waals surface area contributed by atoms with E-state index in [1.165, 1.54) is 30.6 Å². The van der Waals surface area contributed by atoms with Crippen molar-refractivity contribution < 1.29 is 4.74 Å². The van der Waals surface area contributed by atoms with Crippen molar-refractivity contribution in [2.24, 2.45) is 0 Å². The number of hydrogen-bond acceptors (Lipinski definition) is 4. The van der Waals surface area contributed by atoms with E-state index >= 15 is 0 Å². The summed E-state index contributed by atoms with van der Waals surface area (Å²) in [6.45, 7) is 3.06. The zero-order valence-corrected chi connectivity index (χ0v) is 13.5. The van der Waals surface area contributed by atoms with Crippen LogP contribution >= 0.6 is 11.3 Å². The van der Waals surface area contributed by atoms with Crippen LogP contribution in [-0.2, 0) is 6.54 Å². The van der Waals surface area contributed by atoms with E-state index < -0.39 is 0 Å². The van der Waals surface area contributed by atoms with Crippen LogP contribution in [0.25, 0.3) is 10.6 Å². The minimum absolute atomic E-state index is 0.705. The Morgan fingerprint density at radius 3 is 2.62 bits per heavy atom. The molecular formula is C17H22N2OS. The molecule has 2 aromatic rings. The number of rotatable bonds is 5. The predicted molar refractivity (Wildman–Crippen MR) is 87.9 cm³/mol. The van der Waals surface area contributed by atoms with Crippen LogP contribution in [-0.4, -0.2) is 18.1 Å². The zero-order chi connectivity index (χ0) is 14.7. The van der Waals surface area contributed by atoms with Gasteiger partial charge in [0.2, 0.25) is 0 Å². The third kappa shape index (κ3) is 3.44. The lowest BCUT2D eigenvalue weighted by molar-refractivity contribution is 0.415. The highest BCUT2D eigenvalue weighted by Gasteiger charge is 2.16. The van der Waals surface area contributed by atoms with Gasteiger partial charge in [0, 0.05) is 23.0 Å². The van der Waals surface area contributed by atoms with Crippen LogP contribution in [0.5, 0.6) is 5.75 Å². The fourth-order valence-electron chi connectivity index (χ4n) is 2.82. The predicted octanol–water partition coefficient (Wildman–Crippen LogP) is 4.16. The average Bonchev–Trinajstić information content (AvgIpc) is 3.15. The molecule has 1 saturated carbocycles. The fraction of sp³-hybridized carbons (Fsp3) is 0.471. The second kappa shape index (κ2) is 6.58. The Balaban J connectivity index is 1.70. The largest absolute Gasteiger partial charge is 0.497 e. The van der Waals surface area contributed by atoms with E-state index in [2.05, 4.69) is 24.4 Å². The van der Waals surface area contributed by atoms with Crippen LogP contribution in [0.4, 0.5) is 0 Å². The maximum Gasteiger partial charge on any atom is 0.123 e. The molecule has 0 amide bonds. The number of thiazole rings is 1. The van der Waals surface area contributed by atoms with Crippen molar-refractivity contribution in [2.75, 3.05) is 7.11 Å². The summed E-state index contributed by atoms with van der Waals surface area (Å²) in [4.78, 5) is 6.07. The van der Waals surface area contributed by atoms with Gasteiger partial charge in [-0.2, -0.15) is 0 Å². The van der Waals surface area contributed by atoms with Crippen LogP contribution < -0.4 is 10.1 Å². The molecule has 1 fully saturated rings. The van der Waals surface area contributed by atoms with Gasteiger partial charge in [-0.05, 0) is 44.0 Å². The summed E-state index contributed by atoms with van der Waals surface area (Å²) in [5.41, 5.74) is 2.31. The quantitative estimate of drug-likeness (QED) is 0.900. The first-order valence-corrected chi connectivity index (χ1v) is 8.42. The normalized spacial score (nSPS) is 15.5. The summed E-state index contributed by atoms with van der Waals surface area (Å²) in [6, 6.07) is 8.83. The maximum absolute atomic E-state index is 5.20. The highest BCUT2D eigenvalue weighted by molar-refractivity contribution is 7.15. The summed E-state index contributed by atoms with van der Waals surface area (Å²) in [5.74, 6) is 0.884. The molecule has 0 saturated heterocycles. The first kappa shape index (κ1) is 14.5. The molecule has 1 heterocycles. The number of aromatic nitrogens is 1. The van der Waals surface area contributed by atoms with E-state index in [-0.39, 0.29) is 0 Å². The van der Waals surface area contributed by atoms with Gasteiger partial charge >= 0.3 is 0 Å².